The van der Waals surface area contributed by atoms with Crippen LogP contribution in [0.25, 0.3) is 6.08 Å². The molecule has 1 aliphatic carbocycles. The van der Waals surface area contributed by atoms with Crippen LogP contribution in [-0.4, -0.2) is 26.7 Å². The summed E-state index contributed by atoms with van der Waals surface area (Å²) in [7, 11) is 0. The molecule has 206 valence electrons. The minimum absolute atomic E-state index is 0.202. The van der Waals surface area contributed by atoms with Gasteiger partial charge in [0.15, 0.2) is 5.16 Å². The van der Waals surface area contributed by atoms with Gasteiger partial charge in [-0.25, -0.2) is 15.0 Å². The van der Waals surface area contributed by atoms with Crippen LogP contribution in [0.4, 0.5) is 43.7 Å². The molecule has 0 saturated heterocycles. The predicted molar refractivity (Wildman–Crippen MR) is 139 cm³/mol. The second-order valence-corrected chi connectivity index (χ2v) is 10.7. The van der Waals surface area contributed by atoms with E-state index >= 15 is 0 Å². The van der Waals surface area contributed by atoms with Gasteiger partial charge in [-0.1, -0.05) is 31.0 Å². The van der Waals surface area contributed by atoms with Gasteiger partial charge >= 0.3 is 12.4 Å². The van der Waals surface area contributed by atoms with Crippen molar-refractivity contribution in [1.82, 2.24) is 15.0 Å². The fraction of sp³-hybridized carbons (Fsp3) is 0.370. The molecule has 3 heterocycles. The third-order valence-electron chi connectivity index (χ3n) is 6.68. The third kappa shape index (κ3) is 6.48. The number of halogens is 6. The number of fused-ring (bicyclic) bond motifs is 1. The van der Waals surface area contributed by atoms with Crippen molar-refractivity contribution in [3.63, 3.8) is 0 Å². The maximum Gasteiger partial charge on any atom is 0.419 e. The molecule has 12 heteroatoms. The number of pyridine rings is 1. The molecule has 5 rings (SSSR count). The lowest BCUT2D eigenvalue weighted by Crippen LogP contribution is -2.23. The molecule has 1 aliphatic heterocycles. The molecule has 1 fully saturated rings. The Hall–Kier alpha value is -3.28. The summed E-state index contributed by atoms with van der Waals surface area (Å²) in [4.78, 5) is 14.9. The van der Waals surface area contributed by atoms with Gasteiger partial charge in [-0.3, -0.25) is 0 Å². The van der Waals surface area contributed by atoms with Crippen LogP contribution < -0.4 is 10.2 Å². The predicted octanol–water partition coefficient (Wildman–Crippen LogP) is 8.11. The van der Waals surface area contributed by atoms with E-state index in [-0.39, 0.29) is 12.4 Å². The van der Waals surface area contributed by atoms with Crippen LogP contribution in [-0.2, 0) is 18.8 Å². The lowest BCUT2D eigenvalue weighted by Gasteiger charge is -2.22. The first-order valence-corrected chi connectivity index (χ1v) is 13.4. The lowest BCUT2D eigenvalue weighted by molar-refractivity contribution is -0.138. The minimum Gasteiger partial charge on any atom is -0.340 e. The van der Waals surface area contributed by atoms with Crippen molar-refractivity contribution in [2.75, 3.05) is 16.8 Å². The van der Waals surface area contributed by atoms with Crippen LogP contribution in [0.15, 0.2) is 54.0 Å². The average Bonchev–Trinajstić information content (AvgIpc) is 3.12. The second kappa shape index (κ2) is 11.1. The first kappa shape index (κ1) is 27.3. The first-order valence-electron chi connectivity index (χ1n) is 12.6. The zero-order valence-electron chi connectivity index (χ0n) is 20.7. The monoisotopic (exact) mass is 565 g/mol. The minimum atomic E-state index is -4.57. The summed E-state index contributed by atoms with van der Waals surface area (Å²) in [6, 6.07) is 6.84. The maximum absolute atomic E-state index is 13.7. The van der Waals surface area contributed by atoms with Gasteiger partial charge in [-0.05, 0) is 55.3 Å². The van der Waals surface area contributed by atoms with Gasteiger partial charge < -0.3 is 10.2 Å². The summed E-state index contributed by atoms with van der Waals surface area (Å²) in [5.41, 5.74) is -0.00948. The average molecular weight is 566 g/mol. The highest BCUT2D eigenvalue weighted by Crippen LogP contribution is 2.38. The molecule has 0 unspecified atom stereocenters. The van der Waals surface area contributed by atoms with Gasteiger partial charge in [0.25, 0.3) is 0 Å². The summed E-state index contributed by atoms with van der Waals surface area (Å²) in [6.07, 6.45) is 1.27. The third-order valence-corrected chi connectivity index (χ3v) is 7.88. The van der Waals surface area contributed by atoms with E-state index < -0.39 is 23.5 Å². The van der Waals surface area contributed by atoms with E-state index in [9.17, 15) is 26.3 Å². The highest BCUT2D eigenvalue weighted by molar-refractivity contribution is 7.99. The van der Waals surface area contributed by atoms with Crippen LogP contribution in [0.5, 0.6) is 0 Å². The molecule has 0 bridgehead atoms. The number of nitrogens with zero attached hydrogens (tertiary/aromatic N) is 4. The molecule has 0 spiro atoms. The number of nitrogens with one attached hydrogen (secondary N) is 1. The Bertz CT molecular complexity index is 1330. The highest BCUT2D eigenvalue weighted by Gasteiger charge is 2.36. The van der Waals surface area contributed by atoms with Crippen molar-refractivity contribution < 1.29 is 26.3 Å². The Morgan fingerprint density at radius 3 is 2.33 bits per heavy atom. The fourth-order valence-corrected chi connectivity index (χ4v) is 5.88. The van der Waals surface area contributed by atoms with Crippen LogP contribution in [0.3, 0.4) is 0 Å². The van der Waals surface area contributed by atoms with Crippen molar-refractivity contribution in [3.05, 3.63) is 71.2 Å². The quantitative estimate of drug-likeness (QED) is 0.249. The standard InChI is InChI=1S/C27H25F6N5S/c28-26(29,30)17-8-10-18(11-9-17)35-23-20-12-15-38(24-21(27(31,32)33)7-4-14-34-24)16-13-22(20)36-25(37-23)39-19-5-2-1-3-6-19/h4,7-12,14-15,19H,1-3,5-6,13,16H2,(H,35,36,37). The Kier molecular flexibility index (Phi) is 7.75. The van der Waals surface area contributed by atoms with Gasteiger partial charge in [-0.15, -0.1) is 0 Å². The Balaban J connectivity index is 1.49. The zero-order chi connectivity index (χ0) is 27.6. The molecule has 39 heavy (non-hydrogen) atoms. The van der Waals surface area contributed by atoms with E-state index in [1.54, 1.807) is 17.8 Å². The summed E-state index contributed by atoms with van der Waals surface area (Å²) in [6.45, 7) is 0.202. The number of hydrogen-bond acceptors (Lipinski definition) is 6. The molecular formula is C27H25F6N5S. The zero-order valence-corrected chi connectivity index (χ0v) is 21.5. The number of benzene rings is 1. The van der Waals surface area contributed by atoms with Crippen LogP contribution in [0.1, 0.15) is 54.5 Å². The van der Waals surface area contributed by atoms with E-state index in [1.807, 2.05) is 0 Å². The number of anilines is 3. The fourth-order valence-electron chi connectivity index (χ4n) is 4.71. The topological polar surface area (TPSA) is 53.9 Å². The first-order chi connectivity index (χ1) is 18.6. The Morgan fingerprint density at radius 2 is 1.64 bits per heavy atom. The molecule has 0 radical (unpaired) electrons. The summed E-state index contributed by atoms with van der Waals surface area (Å²) < 4.78 is 80.1. The van der Waals surface area contributed by atoms with Gasteiger partial charge in [0.2, 0.25) is 0 Å². The van der Waals surface area contributed by atoms with E-state index in [2.05, 4.69) is 10.3 Å². The molecule has 0 amide bonds. The molecular weight excluding hydrogens is 540 g/mol. The number of rotatable bonds is 5. The lowest BCUT2D eigenvalue weighted by atomic mass is 10.0. The Morgan fingerprint density at radius 1 is 0.897 bits per heavy atom. The van der Waals surface area contributed by atoms with Crippen molar-refractivity contribution in [2.24, 2.45) is 0 Å². The largest absolute Gasteiger partial charge is 0.419 e. The SMILES string of the molecule is FC(F)(F)c1ccc(Nc2nc(SC3CCCCC3)nc3c2C=CN(c2ncccc2C(F)(F)F)CC3)cc1. The van der Waals surface area contributed by atoms with E-state index in [4.69, 9.17) is 9.97 Å². The summed E-state index contributed by atoms with van der Waals surface area (Å²) >= 11 is 1.57. The molecule has 2 aliphatic rings. The normalized spacial score (nSPS) is 16.6. The van der Waals surface area contributed by atoms with Crippen molar-refractivity contribution >= 4 is 35.2 Å². The van der Waals surface area contributed by atoms with Gasteiger partial charge in [0, 0.05) is 41.9 Å². The smallest absolute Gasteiger partial charge is 0.340 e. The summed E-state index contributed by atoms with van der Waals surface area (Å²) in [5.74, 6) is 0.171. The van der Waals surface area contributed by atoms with Gasteiger partial charge in [0.05, 0.1) is 16.8 Å². The molecule has 1 saturated carbocycles. The maximum atomic E-state index is 13.7. The molecule has 1 N–H and O–H groups in total. The molecule has 2 aromatic heterocycles. The van der Waals surface area contributed by atoms with Crippen LogP contribution >= 0.6 is 11.8 Å². The molecule has 3 aromatic rings. The second-order valence-electron chi connectivity index (χ2n) is 9.42. The highest BCUT2D eigenvalue weighted by atomic mass is 32.2. The van der Waals surface area contributed by atoms with E-state index in [0.717, 1.165) is 43.9 Å². The molecule has 0 atom stereocenters. The van der Waals surface area contributed by atoms with Crippen LogP contribution in [0, 0.1) is 0 Å². The van der Waals surface area contributed by atoms with Crippen molar-refractivity contribution in [1.29, 1.82) is 0 Å². The van der Waals surface area contributed by atoms with Gasteiger partial charge in [0.1, 0.15) is 11.6 Å². The summed E-state index contributed by atoms with van der Waals surface area (Å²) in [5, 5.41) is 4.00. The van der Waals surface area contributed by atoms with E-state index in [0.29, 0.717) is 39.6 Å². The Labute approximate surface area is 225 Å². The van der Waals surface area contributed by atoms with Crippen LogP contribution in [0.2, 0.25) is 0 Å². The number of aromatic nitrogens is 3. The molecule has 1 aromatic carbocycles. The number of thioether (sulfide) groups is 1. The van der Waals surface area contributed by atoms with Gasteiger partial charge in [-0.2, -0.15) is 26.3 Å². The number of alkyl halides is 6. The van der Waals surface area contributed by atoms with E-state index in [1.165, 1.54) is 41.9 Å². The molecule has 5 nitrogen and oxygen atoms in total. The van der Waals surface area contributed by atoms with Crippen molar-refractivity contribution in [3.8, 4) is 0 Å². The number of hydrogen-bond donors (Lipinski definition) is 1. The van der Waals surface area contributed by atoms with Crippen molar-refractivity contribution in [2.45, 2.75) is 61.3 Å².